The lowest BCUT2D eigenvalue weighted by Crippen LogP contribution is -2.40. The topological polar surface area (TPSA) is 38.3 Å². The van der Waals surface area contributed by atoms with E-state index in [1.54, 1.807) is 12.1 Å². The molecule has 0 spiro atoms. The fourth-order valence-corrected chi connectivity index (χ4v) is 1.76. The smallest absolute Gasteiger partial charge is 0.251 e. The van der Waals surface area contributed by atoms with Crippen molar-refractivity contribution in [3.63, 3.8) is 0 Å². The van der Waals surface area contributed by atoms with Gasteiger partial charge in [-0.15, -0.1) is 11.6 Å². The molecule has 0 heterocycles. The number of benzene rings is 1. The van der Waals surface area contributed by atoms with E-state index in [-0.39, 0.29) is 11.5 Å². The number of nitrogens with one attached hydrogen (secondary N) is 1. The van der Waals surface area contributed by atoms with Gasteiger partial charge in [-0.05, 0) is 38.5 Å². The van der Waals surface area contributed by atoms with Gasteiger partial charge < -0.3 is 10.1 Å². The molecule has 1 N–H and O–H groups in total. The van der Waals surface area contributed by atoms with E-state index < -0.39 is 0 Å². The van der Waals surface area contributed by atoms with E-state index in [1.165, 1.54) is 0 Å². The number of hydrogen-bond donors (Lipinski definition) is 1. The Labute approximate surface area is 113 Å². The van der Waals surface area contributed by atoms with Crippen molar-refractivity contribution < 1.29 is 9.53 Å². The molecule has 0 aromatic heterocycles. The second-order valence-electron chi connectivity index (χ2n) is 4.71. The molecule has 4 heteroatoms. The van der Waals surface area contributed by atoms with Gasteiger partial charge >= 0.3 is 0 Å². The van der Waals surface area contributed by atoms with Crippen LogP contribution in [0.2, 0.25) is 0 Å². The quantitative estimate of drug-likeness (QED) is 0.807. The Morgan fingerprint density at radius 1 is 1.33 bits per heavy atom. The molecule has 0 radical (unpaired) electrons. The van der Waals surface area contributed by atoms with Gasteiger partial charge in [0.15, 0.2) is 0 Å². The Hall–Kier alpha value is -1.06. The molecule has 1 amide bonds. The van der Waals surface area contributed by atoms with Crippen molar-refractivity contribution in [2.75, 3.05) is 13.2 Å². The first-order chi connectivity index (χ1) is 8.48. The largest absolute Gasteiger partial charge is 0.374 e. The second kappa shape index (κ2) is 6.76. The van der Waals surface area contributed by atoms with Gasteiger partial charge in [-0.25, -0.2) is 0 Å². The van der Waals surface area contributed by atoms with Crippen LogP contribution in [0.15, 0.2) is 24.3 Å². The zero-order valence-corrected chi connectivity index (χ0v) is 11.9. The Morgan fingerprint density at radius 3 is 2.44 bits per heavy atom. The molecule has 0 atom stereocenters. The van der Waals surface area contributed by atoms with Crippen LogP contribution >= 0.6 is 11.6 Å². The van der Waals surface area contributed by atoms with Crippen LogP contribution < -0.4 is 5.32 Å². The lowest BCUT2D eigenvalue weighted by atomic mass is 10.1. The Kier molecular flexibility index (Phi) is 5.63. The van der Waals surface area contributed by atoms with Crippen molar-refractivity contribution in [1.82, 2.24) is 5.32 Å². The number of carbonyl (C=O) groups excluding carboxylic acids is 1. The second-order valence-corrected chi connectivity index (χ2v) is 4.97. The van der Waals surface area contributed by atoms with Gasteiger partial charge in [-0.2, -0.15) is 0 Å². The molecule has 0 saturated heterocycles. The zero-order valence-electron chi connectivity index (χ0n) is 11.1. The Balaban J connectivity index is 2.54. The minimum atomic E-state index is -0.347. The van der Waals surface area contributed by atoms with E-state index >= 15 is 0 Å². The predicted molar refractivity (Wildman–Crippen MR) is 74.0 cm³/mol. The predicted octanol–water partition coefficient (Wildman–Crippen LogP) is 2.97. The van der Waals surface area contributed by atoms with Gasteiger partial charge in [-0.3, -0.25) is 4.79 Å². The molecule has 0 unspecified atom stereocenters. The summed E-state index contributed by atoms with van der Waals surface area (Å²) in [5.41, 5.74) is 1.29. The van der Waals surface area contributed by atoms with Gasteiger partial charge in [0.2, 0.25) is 0 Å². The average Bonchev–Trinajstić information content (AvgIpc) is 2.36. The highest BCUT2D eigenvalue weighted by atomic mass is 35.5. The third-order valence-electron chi connectivity index (χ3n) is 2.58. The highest BCUT2D eigenvalue weighted by Crippen LogP contribution is 2.09. The van der Waals surface area contributed by atoms with Crippen LogP contribution in [-0.2, 0) is 10.6 Å². The van der Waals surface area contributed by atoms with E-state index in [4.69, 9.17) is 16.3 Å². The van der Waals surface area contributed by atoms with E-state index in [1.807, 2.05) is 32.9 Å². The minimum absolute atomic E-state index is 0.0936. The molecule has 18 heavy (non-hydrogen) atoms. The van der Waals surface area contributed by atoms with Gasteiger partial charge in [-0.1, -0.05) is 12.1 Å². The third kappa shape index (κ3) is 4.67. The molecule has 1 aromatic carbocycles. The highest BCUT2D eigenvalue weighted by molar-refractivity contribution is 6.17. The van der Waals surface area contributed by atoms with Crippen molar-refractivity contribution in [1.29, 1.82) is 0 Å². The molecule has 1 aromatic rings. The molecule has 0 fully saturated rings. The molecule has 0 aliphatic heterocycles. The molecule has 1 rings (SSSR count). The highest BCUT2D eigenvalue weighted by Gasteiger charge is 2.18. The lowest BCUT2D eigenvalue weighted by molar-refractivity contribution is -0.00815. The monoisotopic (exact) mass is 269 g/mol. The molecule has 3 nitrogen and oxygen atoms in total. The maximum atomic E-state index is 11.9. The first-order valence-corrected chi connectivity index (χ1v) is 6.59. The normalized spacial score (nSPS) is 11.3. The van der Waals surface area contributed by atoms with Crippen molar-refractivity contribution >= 4 is 17.5 Å². The lowest BCUT2D eigenvalue weighted by Gasteiger charge is -2.24. The van der Waals surface area contributed by atoms with Crippen molar-refractivity contribution in [2.24, 2.45) is 0 Å². The zero-order chi connectivity index (χ0) is 13.6. The summed E-state index contributed by atoms with van der Waals surface area (Å²) in [5.74, 6) is 0.364. The summed E-state index contributed by atoms with van der Waals surface area (Å²) in [7, 11) is 0. The Bertz CT molecular complexity index is 387. The van der Waals surface area contributed by atoms with Crippen LogP contribution in [0, 0.1) is 0 Å². The van der Waals surface area contributed by atoms with Crippen LogP contribution in [0.3, 0.4) is 0 Å². The van der Waals surface area contributed by atoms with Crippen molar-refractivity contribution in [2.45, 2.75) is 32.3 Å². The molecular formula is C14H20ClNO2. The van der Waals surface area contributed by atoms with Crippen LogP contribution in [0.5, 0.6) is 0 Å². The third-order valence-corrected chi connectivity index (χ3v) is 2.89. The van der Waals surface area contributed by atoms with Crippen LogP contribution in [-0.4, -0.2) is 24.7 Å². The standard InChI is InChI=1S/C14H20ClNO2/c1-4-18-14(2,3)10-16-13(17)12-7-5-11(9-15)6-8-12/h5-8H,4,9-10H2,1-3H3,(H,16,17). The number of alkyl halides is 1. The van der Waals surface area contributed by atoms with Gasteiger partial charge in [0, 0.05) is 24.6 Å². The minimum Gasteiger partial charge on any atom is -0.374 e. The number of amides is 1. The van der Waals surface area contributed by atoms with E-state index in [0.717, 1.165) is 5.56 Å². The summed E-state index contributed by atoms with van der Waals surface area (Å²) in [5, 5.41) is 2.86. The molecule has 0 bridgehead atoms. The number of rotatable bonds is 6. The van der Waals surface area contributed by atoms with Crippen LogP contribution in [0.25, 0.3) is 0 Å². The van der Waals surface area contributed by atoms with Gasteiger partial charge in [0.25, 0.3) is 5.91 Å². The van der Waals surface area contributed by atoms with Crippen molar-refractivity contribution in [3.05, 3.63) is 35.4 Å². The van der Waals surface area contributed by atoms with E-state index in [9.17, 15) is 4.79 Å². The molecule has 0 aliphatic rings. The van der Waals surface area contributed by atoms with E-state index in [2.05, 4.69) is 5.32 Å². The van der Waals surface area contributed by atoms with Crippen LogP contribution in [0.4, 0.5) is 0 Å². The van der Waals surface area contributed by atoms with Gasteiger partial charge in [0.1, 0.15) is 0 Å². The first-order valence-electron chi connectivity index (χ1n) is 6.05. The van der Waals surface area contributed by atoms with Crippen molar-refractivity contribution in [3.8, 4) is 0 Å². The first kappa shape index (κ1) is 15.0. The maximum absolute atomic E-state index is 11.9. The van der Waals surface area contributed by atoms with Crippen LogP contribution in [0.1, 0.15) is 36.7 Å². The summed E-state index contributed by atoms with van der Waals surface area (Å²) >= 11 is 5.70. The summed E-state index contributed by atoms with van der Waals surface area (Å²) in [6.07, 6.45) is 0. The summed E-state index contributed by atoms with van der Waals surface area (Å²) in [6.45, 7) is 6.96. The summed E-state index contributed by atoms with van der Waals surface area (Å²) in [6, 6.07) is 7.27. The maximum Gasteiger partial charge on any atom is 0.251 e. The SMILES string of the molecule is CCOC(C)(C)CNC(=O)c1ccc(CCl)cc1. The molecular weight excluding hydrogens is 250 g/mol. The van der Waals surface area contributed by atoms with E-state index in [0.29, 0.717) is 24.6 Å². The fourth-order valence-electron chi connectivity index (χ4n) is 1.58. The fraction of sp³-hybridized carbons (Fsp3) is 0.500. The summed E-state index contributed by atoms with van der Waals surface area (Å²) in [4.78, 5) is 11.9. The number of halogens is 1. The number of carbonyl (C=O) groups is 1. The Morgan fingerprint density at radius 2 is 1.94 bits per heavy atom. The average molecular weight is 270 g/mol. The number of hydrogen-bond acceptors (Lipinski definition) is 2. The van der Waals surface area contributed by atoms with Gasteiger partial charge in [0.05, 0.1) is 5.60 Å². The molecule has 100 valence electrons. The summed E-state index contributed by atoms with van der Waals surface area (Å²) < 4.78 is 5.52. The molecule has 0 saturated carbocycles. The molecule has 0 aliphatic carbocycles. The number of ether oxygens (including phenoxy) is 1.